The number of hydrogen-bond donors (Lipinski definition) is 0. The molecule has 0 unspecified atom stereocenters. The third-order valence-electron chi connectivity index (χ3n) is 9.95. The van der Waals surface area contributed by atoms with Crippen LogP contribution in [0.3, 0.4) is 0 Å². The van der Waals surface area contributed by atoms with Crippen molar-refractivity contribution in [3.63, 3.8) is 0 Å². The zero-order valence-electron chi connectivity index (χ0n) is 20.1. The number of hydrogen-bond acceptors (Lipinski definition) is 4. The van der Waals surface area contributed by atoms with Gasteiger partial charge in [-0.25, -0.2) is 0 Å². The minimum absolute atomic E-state index is 0.285. The largest absolute Gasteiger partial charge is 0.351 e. The average Bonchev–Trinajstić information content (AvgIpc) is 3.18. The number of ketones is 1. The van der Waals surface area contributed by atoms with E-state index in [-0.39, 0.29) is 11.2 Å². The molecule has 4 bridgehead atoms. The fourth-order valence-corrected chi connectivity index (χ4v) is 9.60. The molecule has 4 aliphatic carbocycles. The van der Waals surface area contributed by atoms with E-state index in [1.165, 1.54) is 19.3 Å². The number of rotatable bonds is 3. The number of carbonyl (C=O) groups is 1. The van der Waals surface area contributed by atoms with E-state index in [0.717, 1.165) is 39.6 Å². The normalized spacial score (nSPS) is 36.6. The molecule has 6 aliphatic rings. The molecule has 2 aliphatic heterocycles. The van der Waals surface area contributed by atoms with E-state index in [9.17, 15) is 10.5 Å². The number of nitriles is 2. The molecule has 2 heterocycles. The molecule has 0 amide bonds. The molecule has 4 nitrogen and oxygen atoms in total. The van der Waals surface area contributed by atoms with Crippen LogP contribution in [0.5, 0.6) is 0 Å². The number of Topliss-reactive ketones (excluding diaryl/α,β-unsaturated/α-hetero) is 1. The van der Waals surface area contributed by atoms with E-state index >= 15 is 4.79 Å². The molecule has 36 heavy (non-hydrogen) atoms. The van der Waals surface area contributed by atoms with E-state index in [4.69, 9.17) is 0 Å². The van der Waals surface area contributed by atoms with Gasteiger partial charge in [0, 0.05) is 20.6 Å². The summed E-state index contributed by atoms with van der Waals surface area (Å²) in [7, 11) is 0. The summed E-state index contributed by atoms with van der Waals surface area (Å²) in [5.41, 5.74) is 1.27. The Morgan fingerprint density at radius 2 is 1.61 bits per heavy atom. The van der Waals surface area contributed by atoms with Crippen LogP contribution in [-0.2, 0) is 4.79 Å². The smallest absolute Gasteiger partial charge is 0.176 e. The van der Waals surface area contributed by atoms with Gasteiger partial charge in [-0.3, -0.25) is 4.79 Å². The summed E-state index contributed by atoms with van der Waals surface area (Å²) in [5.74, 6) is 1.73. The van der Waals surface area contributed by atoms with E-state index < -0.39 is 23.4 Å². The number of carbonyl (C=O) groups excluding carboxylic acids is 1. The fourth-order valence-electron chi connectivity index (χ4n) is 9.03. The van der Waals surface area contributed by atoms with Crippen molar-refractivity contribution in [2.24, 2.45) is 28.6 Å². The van der Waals surface area contributed by atoms with Crippen molar-refractivity contribution >= 4 is 40.1 Å². The minimum Gasteiger partial charge on any atom is -0.351 e. The second kappa shape index (κ2) is 7.93. The van der Waals surface area contributed by atoms with Crippen LogP contribution in [0.25, 0.3) is 6.08 Å². The maximum atomic E-state index is 15.1. The summed E-state index contributed by atoms with van der Waals surface area (Å²) in [6, 6.07) is 20.2. The Bertz CT molecular complexity index is 1330. The molecule has 3 atom stereocenters. The Hall–Kier alpha value is -2.64. The Balaban J connectivity index is 1.45. The first-order valence-electron chi connectivity index (χ1n) is 13.2. The molecule has 2 aromatic carbocycles. The van der Waals surface area contributed by atoms with Crippen LogP contribution < -0.4 is 4.90 Å². The highest BCUT2D eigenvalue weighted by Crippen LogP contribution is 2.63. The van der Waals surface area contributed by atoms with Crippen molar-refractivity contribution in [1.29, 1.82) is 10.5 Å². The molecule has 0 N–H and O–H groups in total. The van der Waals surface area contributed by atoms with Gasteiger partial charge in [-0.05, 0) is 108 Å². The number of nitrogens with zero attached hydrogens (tertiary/aromatic N) is 3. The van der Waals surface area contributed by atoms with Gasteiger partial charge in [0.05, 0.1) is 24.2 Å². The van der Waals surface area contributed by atoms with Crippen molar-refractivity contribution < 1.29 is 4.79 Å². The maximum absolute atomic E-state index is 15.1. The average molecular weight is 585 g/mol. The van der Waals surface area contributed by atoms with Gasteiger partial charge in [-0.15, -0.1) is 0 Å². The Kier molecular flexibility index (Phi) is 4.97. The molecule has 1 saturated heterocycles. The van der Waals surface area contributed by atoms with Crippen molar-refractivity contribution in [2.45, 2.75) is 56.5 Å². The topological polar surface area (TPSA) is 67.9 Å². The van der Waals surface area contributed by atoms with E-state index in [0.29, 0.717) is 17.8 Å². The molecular formula is C31H28IN3O. The summed E-state index contributed by atoms with van der Waals surface area (Å²) in [4.78, 5) is 17.2. The van der Waals surface area contributed by atoms with Crippen molar-refractivity contribution in [3.05, 3.63) is 69.3 Å². The van der Waals surface area contributed by atoms with E-state index in [2.05, 4.69) is 57.8 Å². The lowest BCUT2D eigenvalue weighted by Gasteiger charge is -2.57. The first-order chi connectivity index (χ1) is 17.5. The lowest BCUT2D eigenvalue weighted by atomic mass is 9.47. The summed E-state index contributed by atoms with van der Waals surface area (Å²) < 4.78 is 1.05. The molecule has 8 rings (SSSR count). The predicted molar refractivity (Wildman–Crippen MR) is 147 cm³/mol. The van der Waals surface area contributed by atoms with Gasteiger partial charge in [0.2, 0.25) is 0 Å². The van der Waals surface area contributed by atoms with Crippen LogP contribution in [0.2, 0.25) is 0 Å². The van der Waals surface area contributed by atoms with E-state index in [1.807, 2.05) is 42.5 Å². The number of anilines is 1. The minimum atomic E-state index is -1.35. The monoisotopic (exact) mass is 585 g/mol. The summed E-state index contributed by atoms with van der Waals surface area (Å²) >= 11 is 2.29. The first kappa shape index (κ1) is 22.5. The molecular weight excluding hydrogens is 557 g/mol. The second-order valence-corrected chi connectivity index (χ2v) is 13.1. The molecule has 180 valence electrons. The van der Waals surface area contributed by atoms with Crippen LogP contribution in [0.15, 0.2) is 54.6 Å². The fraction of sp³-hybridized carbons (Fsp3) is 0.452. The third kappa shape index (κ3) is 2.99. The summed E-state index contributed by atoms with van der Waals surface area (Å²) in [6.07, 6.45) is 10.8. The summed E-state index contributed by atoms with van der Waals surface area (Å²) in [5, 5.41) is 21.4. The van der Waals surface area contributed by atoms with Gasteiger partial charge in [0.15, 0.2) is 11.2 Å². The molecule has 5 fully saturated rings. The van der Waals surface area contributed by atoms with Gasteiger partial charge in [0.25, 0.3) is 0 Å². The molecule has 0 radical (unpaired) electrons. The highest BCUT2D eigenvalue weighted by molar-refractivity contribution is 14.1. The second-order valence-electron chi connectivity index (χ2n) is 11.9. The quantitative estimate of drug-likeness (QED) is 0.387. The van der Waals surface area contributed by atoms with Crippen LogP contribution >= 0.6 is 22.6 Å². The molecule has 0 aromatic heterocycles. The number of para-hydroxylation sites is 1. The van der Waals surface area contributed by atoms with Crippen LogP contribution in [-0.4, -0.2) is 17.9 Å². The molecule has 0 spiro atoms. The summed E-state index contributed by atoms with van der Waals surface area (Å²) in [6.45, 7) is 0. The SMILES string of the molecule is N#CC1(C#N)[C@H](c2cccc(I)c2)[C@@H](C(=O)C23CC4CC(CC(C4)C2)C3)N2c3ccccc3C=C[C@@H]21. The lowest BCUT2D eigenvalue weighted by molar-refractivity contribution is -0.145. The maximum Gasteiger partial charge on any atom is 0.176 e. The van der Waals surface area contributed by atoms with Crippen LogP contribution in [0.1, 0.15) is 55.6 Å². The Labute approximate surface area is 226 Å². The zero-order valence-corrected chi connectivity index (χ0v) is 22.3. The predicted octanol–water partition coefficient (Wildman–Crippen LogP) is 6.48. The highest BCUT2D eigenvalue weighted by Gasteiger charge is 2.66. The first-order valence-corrected chi connectivity index (χ1v) is 14.2. The van der Waals surface area contributed by atoms with E-state index in [1.54, 1.807) is 0 Å². The van der Waals surface area contributed by atoms with Crippen molar-refractivity contribution in [2.75, 3.05) is 4.90 Å². The molecule has 5 heteroatoms. The Morgan fingerprint density at radius 3 is 2.25 bits per heavy atom. The number of benzene rings is 2. The number of fused-ring (bicyclic) bond motifs is 3. The van der Waals surface area contributed by atoms with Gasteiger partial charge in [-0.2, -0.15) is 10.5 Å². The number of halogens is 1. The lowest BCUT2D eigenvalue weighted by Crippen LogP contribution is -2.56. The third-order valence-corrected chi connectivity index (χ3v) is 10.6. The molecule has 4 saturated carbocycles. The molecule has 2 aromatic rings. The van der Waals surface area contributed by atoms with Gasteiger partial charge >= 0.3 is 0 Å². The van der Waals surface area contributed by atoms with Crippen molar-refractivity contribution in [3.8, 4) is 12.1 Å². The van der Waals surface area contributed by atoms with Gasteiger partial charge in [-0.1, -0.05) is 42.5 Å². The zero-order chi connectivity index (χ0) is 24.7. The standard InChI is InChI=1S/C31H28IN3O/c32-24-6-3-5-23(13-24)27-28(29(36)30-14-19-10-20(15-30)12-21(11-19)16-30)35-25-7-2-1-4-22(25)8-9-26(35)31(27,17-33)18-34/h1-9,13,19-21,26-28H,10-12,14-16H2/t19?,20?,21?,26-,27-,28+,30?/m1/s1. The van der Waals surface area contributed by atoms with Crippen molar-refractivity contribution in [1.82, 2.24) is 0 Å². The van der Waals surface area contributed by atoms with Gasteiger partial charge in [0.1, 0.15) is 0 Å². The van der Waals surface area contributed by atoms with Gasteiger partial charge < -0.3 is 4.90 Å². The van der Waals surface area contributed by atoms with Crippen LogP contribution in [0, 0.1) is 54.8 Å². The highest BCUT2D eigenvalue weighted by atomic mass is 127. The van der Waals surface area contributed by atoms with Crippen LogP contribution in [0.4, 0.5) is 5.69 Å². The Morgan fingerprint density at radius 1 is 0.944 bits per heavy atom.